The van der Waals surface area contributed by atoms with Crippen molar-refractivity contribution in [2.75, 3.05) is 42.3 Å². The first-order chi connectivity index (χ1) is 22.9. The quantitative estimate of drug-likeness (QED) is 0.0775. The van der Waals surface area contributed by atoms with Gasteiger partial charge >= 0.3 is 12.1 Å². The van der Waals surface area contributed by atoms with Crippen LogP contribution in [0.15, 0.2) is 72.8 Å². The van der Waals surface area contributed by atoms with Crippen LogP contribution in [0.3, 0.4) is 0 Å². The highest BCUT2D eigenvalue weighted by molar-refractivity contribution is 7.80. The van der Waals surface area contributed by atoms with Gasteiger partial charge in [0.05, 0.1) is 18.2 Å². The Labute approximate surface area is 278 Å². The van der Waals surface area contributed by atoms with E-state index in [0.29, 0.717) is 55.9 Å². The third-order valence-corrected chi connectivity index (χ3v) is 8.33. The molecule has 2 aliphatic rings. The molecule has 10 nitrogen and oxygen atoms in total. The predicted molar refractivity (Wildman–Crippen MR) is 187 cm³/mol. The van der Waals surface area contributed by atoms with Gasteiger partial charge in [-0.25, -0.2) is 9.59 Å². The minimum Gasteiger partial charge on any atom is -0.471 e. The van der Waals surface area contributed by atoms with E-state index in [0.717, 1.165) is 51.1 Å². The zero-order chi connectivity index (χ0) is 32.8. The first-order valence-electron chi connectivity index (χ1n) is 15.5. The molecular formula is C36H34N6O4S. The normalized spacial score (nSPS) is 11.7. The maximum Gasteiger partial charge on any atom is 0.319 e. The molecule has 0 heterocycles. The van der Waals surface area contributed by atoms with Crippen molar-refractivity contribution in [3.63, 3.8) is 0 Å². The summed E-state index contributed by atoms with van der Waals surface area (Å²) in [4.78, 5) is 24.6. The topological polar surface area (TPSA) is 148 Å². The van der Waals surface area contributed by atoms with Gasteiger partial charge in [0, 0.05) is 36.8 Å². The van der Waals surface area contributed by atoms with Crippen molar-refractivity contribution >= 4 is 46.5 Å². The van der Waals surface area contributed by atoms with E-state index in [4.69, 9.17) is 22.1 Å². The lowest BCUT2D eigenvalue weighted by atomic mass is 10.0. The number of fused-ring (bicyclic) bond motifs is 6. The fraction of sp³-hybridized carbons (Fsp3) is 0.222. The molecule has 0 bridgehead atoms. The second-order valence-corrected chi connectivity index (χ2v) is 11.8. The smallest absolute Gasteiger partial charge is 0.319 e. The number of aliphatic hydroxyl groups excluding tert-OH is 1. The maximum atomic E-state index is 12.5. The van der Waals surface area contributed by atoms with Gasteiger partial charge in [-0.2, -0.15) is 5.26 Å². The maximum absolute atomic E-state index is 12.5. The summed E-state index contributed by atoms with van der Waals surface area (Å²) in [5.74, 6) is 0. The highest BCUT2D eigenvalue weighted by atomic mass is 32.1. The summed E-state index contributed by atoms with van der Waals surface area (Å²) in [6.07, 6.45) is 2.54. The Morgan fingerprint density at radius 2 is 1.17 bits per heavy atom. The van der Waals surface area contributed by atoms with Crippen molar-refractivity contribution in [2.24, 2.45) is 0 Å². The Kier molecular flexibility index (Phi) is 9.61. The number of ether oxygens (including phenoxy) is 1. The lowest BCUT2D eigenvalue weighted by Gasteiger charge is -2.12. The summed E-state index contributed by atoms with van der Waals surface area (Å²) >= 11 is 5.37. The van der Waals surface area contributed by atoms with Gasteiger partial charge in [0.1, 0.15) is 0 Å². The van der Waals surface area contributed by atoms with Crippen molar-refractivity contribution in [1.29, 1.82) is 5.26 Å². The molecule has 6 N–H and O–H groups in total. The Bertz CT molecular complexity index is 1900. The summed E-state index contributed by atoms with van der Waals surface area (Å²) in [7, 11) is 0. The van der Waals surface area contributed by atoms with Crippen LogP contribution in [0.25, 0.3) is 22.3 Å². The first kappa shape index (κ1) is 31.5. The molecule has 47 heavy (non-hydrogen) atoms. The molecule has 4 amide bonds. The van der Waals surface area contributed by atoms with Crippen LogP contribution in [0.1, 0.15) is 40.7 Å². The van der Waals surface area contributed by atoms with Crippen LogP contribution in [-0.4, -0.2) is 48.6 Å². The number of rotatable bonds is 10. The molecule has 238 valence electrons. The van der Waals surface area contributed by atoms with E-state index in [-0.39, 0.29) is 23.8 Å². The largest absolute Gasteiger partial charge is 0.471 e. The molecule has 0 spiro atoms. The third kappa shape index (κ3) is 7.52. The van der Waals surface area contributed by atoms with Crippen molar-refractivity contribution in [3.8, 4) is 28.3 Å². The summed E-state index contributed by atoms with van der Waals surface area (Å²) < 4.78 is 5.67. The molecule has 11 heteroatoms. The zero-order valence-electron chi connectivity index (χ0n) is 25.6. The molecule has 6 rings (SSSR count). The van der Waals surface area contributed by atoms with Crippen LogP contribution in [0, 0.1) is 11.3 Å². The van der Waals surface area contributed by atoms with E-state index in [1.165, 1.54) is 5.56 Å². The Morgan fingerprint density at radius 1 is 0.702 bits per heavy atom. The predicted octanol–water partition coefficient (Wildman–Crippen LogP) is 6.13. The molecular weight excluding hydrogens is 613 g/mol. The average molecular weight is 647 g/mol. The van der Waals surface area contributed by atoms with Crippen molar-refractivity contribution in [2.45, 2.75) is 25.7 Å². The molecule has 0 aromatic heterocycles. The van der Waals surface area contributed by atoms with E-state index in [9.17, 15) is 14.9 Å². The number of anilines is 3. The van der Waals surface area contributed by atoms with Crippen LogP contribution in [0.2, 0.25) is 0 Å². The number of nitrogens with one attached hydrogen (secondary N) is 5. The number of amides is 4. The van der Waals surface area contributed by atoms with Gasteiger partial charge in [0.2, 0.25) is 0 Å². The molecule has 4 aromatic rings. The van der Waals surface area contributed by atoms with Gasteiger partial charge in [-0.1, -0.05) is 24.3 Å². The van der Waals surface area contributed by atoms with Crippen molar-refractivity contribution in [3.05, 3.63) is 101 Å². The number of thiocarbonyl (C=S) groups is 1. The molecule has 0 radical (unpaired) electrons. The van der Waals surface area contributed by atoms with E-state index in [1.807, 2.05) is 60.7 Å². The molecule has 0 saturated carbocycles. The lowest BCUT2D eigenvalue weighted by Crippen LogP contribution is -2.30. The Morgan fingerprint density at radius 3 is 1.68 bits per heavy atom. The number of hydrogen-bond donors (Lipinski definition) is 6. The molecule has 2 aliphatic carbocycles. The Hall–Kier alpha value is -5.44. The van der Waals surface area contributed by atoms with Crippen LogP contribution >= 0.6 is 12.2 Å². The number of carbonyl (C=O) groups excluding carboxylic acids is 2. The van der Waals surface area contributed by atoms with Gasteiger partial charge in [-0.3, -0.25) is 0 Å². The minimum absolute atomic E-state index is 0.0279. The molecule has 0 saturated heterocycles. The van der Waals surface area contributed by atoms with Crippen LogP contribution in [-0.2, 0) is 17.6 Å². The first-order valence-corrected chi connectivity index (χ1v) is 15.9. The van der Waals surface area contributed by atoms with Crippen LogP contribution in [0.4, 0.5) is 26.7 Å². The van der Waals surface area contributed by atoms with E-state index >= 15 is 0 Å². The van der Waals surface area contributed by atoms with Crippen LogP contribution in [0.5, 0.6) is 0 Å². The van der Waals surface area contributed by atoms with Crippen molar-refractivity contribution in [1.82, 2.24) is 10.6 Å². The number of nitriles is 1. The van der Waals surface area contributed by atoms with E-state index < -0.39 is 0 Å². The number of hydrogen-bond acceptors (Lipinski definition) is 6. The average Bonchev–Trinajstić information content (AvgIpc) is 3.60. The molecule has 0 unspecified atom stereocenters. The molecule has 0 aliphatic heterocycles. The fourth-order valence-electron chi connectivity index (χ4n) is 5.95. The number of nitrogens with zero attached hydrogens (tertiary/aromatic N) is 1. The number of aliphatic hydroxyl groups is 1. The monoisotopic (exact) mass is 646 g/mol. The van der Waals surface area contributed by atoms with E-state index in [2.05, 4.69) is 44.8 Å². The van der Waals surface area contributed by atoms with Gasteiger partial charge in [-0.05, 0) is 131 Å². The van der Waals surface area contributed by atoms with Gasteiger partial charge in [-0.15, -0.1) is 0 Å². The van der Waals surface area contributed by atoms with Gasteiger partial charge in [0.15, 0.2) is 0 Å². The van der Waals surface area contributed by atoms with Gasteiger partial charge < -0.3 is 36.4 Å². The molecule has 0 fully saturated rings. The highest BCUT2D eigenvalue weighted by Gasteiger charge is 2.21. The SMILES string of the molecule is N#Cc1ccc2c(c1)Cc1cc(NC(=S)OCCCNC(=O)Nc3ccc4c(c3)Cc3cc(NC(=O)NCCCO)ccc3-4)ccc1-2. The summed E-state index contributed by atoms with van der Waals surface area (Å²) in [5.41, 5.74) is 11.9. The number of urea groups is 2. The van der Waals surface area contributed by atoms with Gasteiger partial charge in [0.25, 0.3) is 5.17 Å². The van der Waals surface area contributed by atoms with Crippen LogP contribution < -0.4 is 26.6 Å². The zero-order valence-corrected chi connectivity index (χ0v) is 26.4. The van der Waals surface area contributed by atoms with E-state index in [1.54, 1.807) is 0 Å². The van der Waals surface area contributed by atoms with Crippen molar-refractivity contribution < 1.29 is 19.4 Å². The summed E-state index contributed by atoms with van der Waals surface area (Å²) in [5, 5.41) is 32.8. The third-order valence-electron chi connectivity index (χ3n) is 8.11. The standard InChI is InChI=1S/C36H34N6O4S/c37-21-22-3-7-30-23(15-22)16-24-20-29(6-10-31(24)30)42-36(47)46-14-2-12-39-35(45)41-28-5-9-33-26(19-28)17-25-18-27(4-8-32(25)33)40-34(44)38-11-1-13-43/h3-10,15,18-20,43H,1-2,11-14,16-17H2,(H,42,47)(H2,38,40,44)(H2,39,41,45). The molecule has 4 aromatic carbocycles. The number of carbonyl (C=O) groups is 2. The highest BCUT2D eigenvalue weighted by Crippen LogP contribution is 2.40. The number of benzene rings is 4. The minimum atomic E-state index is -0.308. The second kappa shape index (κ2) is 14.3. The summed E-state index contributed by atoms with van der Waals surface area (Å²) in [6, 6.07) is 25.1. The fourth-order valence-corrected chi connectivity index (χ4v) is 6.15. The lowest BCUT2D eigenvalue weighted by molar-refractivity contribution is 0.248. The summed E-state index contributed by atoms with van der Waals surface area (Å²) in [6.45, 7) is 1.19. The Balaban J connectivity index is 0.910. The second-order valence-electron chi connectivity index (χ2n) is 11.4. The molecule has 0 atom stereocenters.